The first kappa shape index (κ1) is 20.0. The van der Waals surface area contributed by atoms with Gasteiger partial charge in [0.2, 0.25) is 11.8 Å². The fraction of sp³-hybridized carbons (Fsp3) is 0.0833. The van der Waals surface area contributed by atoms with Crippen LogP contribution in [0.3, 0.4) is 0 Å². The molecule has 8 heteroatoms. The lowest BCUT2D eigenvalue weighted by Gasteiger charge is -2.27. The van der Waals surface area contributed by atoms with Gasteiger partial charge in [-0.15, -0.1) is 10.2 Å². The van der Waals surface area contributed by atoms with Crippen molar-refractivity contribution in [2.45, 2.75) is 12.1 Å². The second-order valence-corrected chi connectivity index (χ2v) is 7.69. The topological polar surface area (TPSA) is 88.3 Å². The molecule has 32 heavy (non-hydrogen) atoms. The summed E-state index contributed by atoms with van der Waals surface area (Å²) in [7, 11) is 0. The molecular formula is C24H17ClN4O3. The van der Waals surface area contributed by atoms with Gasteiger partial charge in [0.1, 0.15) is 6.54 Å². The number of amides is 3. The zero-order valence-electron chi connectivity index (χ0n) is 16.7. The number of rotatable bonds is 5. The van der Waals surface area contributed by atoms with Gasteiger partial charge in [-0.2, -0.15) is 0 Å². The molecule has 4 aromatic rings. The molecule has 5 rings (SSSR count). The number of nitrogens with zero attached hydrogens (tertiary/aromatic N) is 3. The van der Waals surface area contributed by atoms with Crippen molar-refractivity contribution >= 4 is 23.5 Å². The van der Waals surface area contributed by atoms with Crippen molar-refractivity contribution in [1.82, 2.24) is 20.4 Å². The Hall–Kier alpha value is -3.97. The van der Waals surface area contributed by atoms with E-state index in [9.17, 15) is 9.59 Å². The number of carbonyl (C=O) groups is 2. The third-order valence-electron chi connectivity index (χ3n) is 5.38. The molecule has 0 radical (unpaired) electrons. The van der Waals surface area contributed by atoms with Gasteiger partial charge in [0.15, 0.2) is 5.54 Å². The van der Waals surface area contributed by atoms with Crippen LogP contribution in [0.25, 0.3) is 11.5 Å². The average Bonchev–Trinajstić information content (AvgIpc) is 3.39. The molecule has 0 unspecified atom stereocenters. The van der Waals surface area contributed by atoms with Crippen LogP contribution < -0.4 is 5.32 Å². The molecule has 2 heterocycles. The first-order valence-electron chi connectivity index (χ1n) is 9.92. The van der Waals surface area contributed by atoms with Crippen molar-refractivity contribution in [3.05, 3.63) is 107 Å². The van der Waals surface area contributed by atoms with Crippen molar-refractivity contribution in [1.29, 1.82) is 0 Å². The highest BCUT2D eigenvalue weighted by Crippen LogP contribution is 2.36. The summed E-state index contributed by atoms with van der Waals surface area (Å²) in [5, 5.41) is 11.4. The van der Waals surface area contributed by atoms with E-state index in [-0.39, 0.29) is 18.3 Å². The van der Waals surface area contributed by atoms with Gasteiger partial charge in [0.25, 0.3) is 5.91 Å². The lowest BCUT2D eigenvalue weighted by molar-refractivity contribution is -0.130. The summed E-state index contributed by atoms with van der Waals surface area (Å²) in [5.74, 6) is -0.0761. The zero-order chi connectivity index (χ0) is 22.1. The van der Waals surface area contributed by atoms with Gasteiger partial charge in [0, 0.05) is 0 Å². The minimum atomic E-state index is -1.34. The van der Waals surface area contributed by atoms with E-state index < -0.39 is 17.5 Å². The minimum Gasteiger partial charge on any atom is -0.419 e. The highest BCUT2D eigenvalue weighted by molar-refractivity contribution is 6.33. The fourth-order valence-electron chi connectivity index (χ4n) is 3.85. The molecule has 1 fully saturated rings. The average molecular weight is 445 g/mol. The Labute approximate surface area is 188 Å². The molecule has 1 aliphatic heterocycles. The third-order valence-corrected chi connectivity index (χ3v) is 5.71. The lowest BCUT2D eigenvalue weighted by atomic mass is 9.82. The van der Waals surface area contributed by atoms with Crippen molar-refractivity contribution in [2.75, 3.05) is 0 Å². The van der Waals surface area contributed by atoms with Gasteiger partial charge in [-0.05, 0) is 23.3 Å². The summed E-state index contributed by atoms with van der Waals surface area (Å²) in [6, 6.07) is 24.8. The number of hydrogen-bond donors (Lipinski definition) is 1. The number of urea groups is 1. The van der Waals surface area contributed by atoms with Crippen LogP contribution in [-0.2, 0) is 16.9 Å². The van der Waals surface area contributed by atoms with Gasteiger partial charge >= 0.3 is 6.03 Å². The van der Waals surface area contributed by atoms with E-state index in [1.54, 1.807) is 24.3 Å². The molecular weight excluding hydrogens is 428 g/mol. The number of aromatic nitrogens is 2. The van der Waals surface area contributed by atoms with E-state index in [1.165, 1.54) is 0 Å². The largest absolute Gasteiger partial charge is 0.419 e. The lowest BCUT2D eigenvalue weighted by Crippen LogP contribution is -2.45. The van der Waals surface area contributed by atoms with Crippen molar-refractivity contribution in [3.63, 3.8) is 0 Å². The monoisotopic (exact) mass is 444 g/mol. The Morgan fingerprint density at radius 3 is 2.06 bits per heavy atom. The van der Waals surface area contributed by atoms with Gasteiger partial charge in [-0.1, -0.05) is 84.4 Å². The molecule has 0 saturated carbocycles. The summed E-state index contributed by atoms with van der Waals surface area (Å²) in [4.78, 5) is 27.8. The SMILES string of the molecule is O=C1NC(c2ccccc2)(c2ccccc2)C(=O)N1Cc1nnc(-c2ccccc2Cl)o1. The van der Waals surface area contributed by atoms with Crippen LogP contribution in [0.4, 0.5) is 4.79 Å². The van der Waals surface area contributed by atoms with Crippen LogP contribution in [0.5, 0.6) is 0 Å². The maximum atomic E-state index is 13.7. The maximum Gasteiger partial charge on any atom is 0.326 e. The molecule has 0 aliphatic carbocycles. The number of imide groups is 1. The van der Waals surface area contributed by atoms with Gasteiger partial charge in [-0.3, -0.25) is 9.69 Å². The van der Waals surface area contributed by atoms with Crippen molar-refractivity contribution in [3.8, 4) is 11.5 Å². The van der Waals surface area contributed by atoms with Gasteiger partial charge in [0.05, 0.1) is 10.6 Å². The molecule has 0 atom stereocenters. The molecule has 1 aliphatic rings. The quantitative estimate of drug-likeness (QED) is 0.461. The second kappa shape index (κ2) is 7.94. The highest BCUT2D eigenvalue weighted by Gasteiger charge is 2.54. The predicted molar refractivity (Wildman–Crippen MR) is 117 cm³/mol. The van der Waals surface area contributed by atoms with E-state index in [4.69, 9.17) is 16.0 Å². The summed E-state index contributed by atoms with van der Waals surface area (Å²) in [5.41, 5.74) is 0.558. The second-order valence-electron chi connectivity index (χ2n) is 7.28. The summed E-state index contributed by atoms with van der Waals surface area (Å²) in [6.07, 6.45) is 0. The minimum absolute atomic E-state index is 0.125. The van der Waals surface area contributed by atoms with E-state index in [0.29, 0.717) is 21.7 Å². The fourth-order valence-corrected chi connectivity index (χ4v) is 4.07. The summed E-state index contributed by atoms with van der Waals surface area (Å²) < 4.78 is 5.71. The van der Waals surface area contributed by atoms with E-state index in [2.05, 4.69) is 15.5 Å². The standard InChI is InChI=1S/C24H17ClN4O3/c25-19-14-8-7-13-18(19)21-28-27-20(32-21)15-29-22(30)24(26-23(29)31,16-9-3-1-4-10-16)17-11-5-2-6-12-17/h1-14H,15H2,(H,26,31). The Kier molecular flexibility index (Phi) is 4.95. The Bertz CT molecular complexity index is 1250. The van der Waals surface area contributed by atoms with Crippen LogP contribution >= 0.6 is 11.6 Å². The molecule has 7 nitrogen and oxygen atoms in total. The first-order chi connectivity index (χ1) is 15.6. The molecule has 3 amide bonds. The predicted octanol–water partition coefficient (Wildman–Crippen LogP) is 4.39. The Balaban J connectivity index is 1.50. The normalized spacial score (nSPS) is 15.1. The Morgan fingerprint density at radius 1 is 0.844 bits per heavy atom. The molecule has 0 spiro atoms. The van der Waals surface area contributed by atoms with Gasteiger partial charge < -0.3 is 9.73 Å². The summed E-state index contributed by atoms with van der Waals surface area (Å²) >= 11 is 6.20. The zero-order valence-corrected chi connectivity index (χ0v) is 17.5. The number of nitrogens with one attached hydrogen (secondary N) is 1. The van der Waals surface area contributed by atoms with Crippen LogP contribution in [0.15, 0.2) is 89.3 Å². The Morgan fingerprint density at radius 2 is 1.44 bits per heavy atom. The number of hydrogen-bond acceptors (Lipinski definition) is 5. The number of carbonyl (C=O) groups excluding carboxylic acids is 2. The molecule has 1 aromatic heterocycles. The first-order valence-corrected chi connectivity index (χ1v) is 10.3. The van der Waals surface area contributed by atoms with E-state index in [0.717, 1.165) is 4.90 Å². The summed E-state index contributed by atoms with van der Waals surface area (Å²) in [6.45, 7) is -0.163. The third kappa shape index (κ3) is 3.23. The molecule has 158 valence electrons. The van der Waals surface area contributed by atoms with Crippen LogP contribution in [-0.4, -0.2) is 27.0 Å². The molecule has 1 N–H and O–H groups in total. The highest BCUT2D eigenvalue weighted by atomic mass is 35.5. The van der Waals surface area contributed by atoms with Crippen molar-refractivity contribution < 1.29 is 14.0 Å². The van der Waals surface area contributed by atoms with E-state index >= 15 is 0 Å². The molecule has 1 saturated heterocycles. The molecule has 0 bridgehead atoms. The maximum absolute atomic E-state index is 13.7. The van der Waals surface area contributed by atoms with Crippen LogP contribution in [0.1, 0.15) is 17.0 Å². The van der Waals surface area contributed by atoms with E-state index in [1.807, 2.05) is 60.7 Å². The number of benzene rings is 3. The van der Waals surface area contributed by atoms with Crippen molar-refractivity contribution in [2.24, 2.45) is 0 Å². The number of halogens is 1. The van der Waals surface area contributed by atoms with Crippen LogP contribution in [0.2, 0.25) is 5.02 Å². The smallest absolute Gasteiger partial charge is 0.326 e. The molecule has 3 aromatic carbocycles. The van der Waals surface area contributed by atoms with Crippen LogP contribution in [0, 0.1) is 0 Å². The van der Waals surface area contributed by atoms with Gasteiger partial charge in [-0.25, -0.2) is 4.79 Å².